The van der Waals surface area contributed by atoms with Gasteiger partial charge in [0.1, 0.15) is 5.82 Å². The molecular formula is C22H32FN3O. The molecule has 5 heteroatoms. The standard InChI is InChI=1S/C22H32FN3O/c1-15(2)25-8-6-16(7-9-25)10-21(27)26-14-18-12-24-13-20(18)22(26)17-4-3-5-19(23)11-17/h3-5,11,15-16,18,20,22,24H,6-10,12-14H2,1-2H3/t18-,20-,22+/m0/s1. The van der Waals surface area contributed by atoms with Gasteiger partial charge in [-0.25, -0.2) is 4.39 Å². The van der Waals surface area contributed by atoms with Crippen molar-refractivity contribution in [1.29, 1.82) is 0 Å². The molecule has 3 fully saturated rings. The smallest absolute Gasteiger partial charge is 0.223 e. The second-order valence-corrected chi connectivity index (χ2v) is 8.91. The van der Waals surface area contributed by atoms with Crippen LogP contribution in [-0.4, -0.2) is 54.5 Å². The van der Waals surface area contributed by atoms with Gasteiger partial charge in [-0.05, 0) is 69.3 Å². The van der Waals surface area contributed by atoms with E-state index < -0.39 is 0 Å². The maximum Gasteiger partial charge on any atom is 0.223 e. The molecule has 148 valence electrons. The van der Waals surface area contributed by atoms with Crippen LogP contribution in [-0.2, 0) is 4.79 Å². The van der Waals surface area contributed by atoms with E-state index in [1.54, 1.807) is 12.1 Å². The first-order chi connectivity index (χ1) is 13.0. The van der Waals surface area contributed by atoms with Crippen LogP contribution in [0.15, 0.2) is 24.3 Å². The van der Waals surface area contributed by atoms with Gasteiger partial charge in [-0.1, -0.05) is 12.1 Å². The summed E-state index contributed by atoms with van der Waals surface area (Å²) in [5.74, 6) is 1.43. The molecule has 3 atom stereocenters. The summed E-state index contributed by atoms with van der Waals surface area (Å²) in [6, 6.07) is 7.46. The van der Waals surface area contributed by atoms with Gasteiger partial charge in [0.15, 0.2) is 0 Å². The fraction of sp³-hybridized carbons (Fsp3) is 0.682. The average molecular weight is 374 g/mol. The zero-order chi connectivity index (χ0) is 19.0. The highest BCUT2D eigenvalue weighted by atomic mass is 19.1. The monoisotopic (exact) mass is 373 g/mol. The van der Waals surface area contributed by atoms with E-state index in [4.69, 9.17) is 0 Å². The summed E-state index contributed by atoms with van der Waals surface area (Å²) in [5, 5.41) is 3.46. The van der Waals surface area contributed by atoms with Gasteiger partial charge in [-0.15, -0.1) is 0 Å². The van der Waals surface area contributed by atoms with Crippen LogP contribution in [0, 0.1) is 23.6 Å². The lowest BCUT2D eigenvalue weighted by Gasteiger charge is -2.35. The molecule has 0 aromatic heterocycles. The molecule has 1 aromatic carbocycles. The Morgan fingerprint density at radius 2 is 2.04 bits per heavy atom. The summed E-state index contributed by atoms with van der Waals surface area (Å²) in [6.45, 7) is 9.37. The summed E-state index contributed by atoms with van der Waals surface area (Å²) in [5.41, 5.74) is 0.953. The number of likely N-dealkylation sites (tertiary alicyclic amines) is 2. The number of hydrogen-bond donors (Lipinski definition) is 1. The van der Waals surface area contributed by atoms with E-state index >= 15 is 0 Å². The van der Waals surface area contributed by atoms with Crippen molar-refractivity contribution in [1.82, 2.24) is 15.1 Å². The molecule has 0 saturated carbocycles. The molecule has 0 bridgehead atoms. The van der Waals surface area contributed by atoms with E-state index in [0.29, 0.717) is 30.2 Å². The zero-order valence-corrected chi connectivity index (χ0v) is 16.5. The molecule has 0 aliphatic carbocycles. The molecule has 3 aliphatic heterocycles. The summed E-state index contributed by atoms with van der Waals surface area (Å²) >= 11 is 0. The summed E-state index contributed by atoms with van der Waals surface area (Å²) in [6.07, 6.45) is 2.86. The third kappa shape index (κ3) is 3.90. The van der Waals surface area contributed by atoms with Crippen LogP contribution in [0.4, 0.5) is 4.39 Å². The highest BCUT2D eigenvalue weighted by Gasteiger charge is 2.46. The third-order valence-electron chi connectivity index (χ3n) is 6.92. The largest absolute Gasteiger partial charge is 0.335 e. The molecular weight excluding hydrogens is 341 g/mol. The van der Waals surface area contributed by atoms with E-state index in [2.05, 4.69) is 29.0 Å². The van der Waals surface area contributed by atoms with Gasteiger partial charge in [0.25, 0.3) is 0 Å². The second-order valence-electron chi connectivity index (χ2n) is 8.91. The van der Waals surface area contributed by atoms with Gasteiger partial charge in [-0.3, -0.25) is 4.79 Å². The van der Waals surface area contributed by atoms with Crippen molar-refractivity contribution in [2.75, 3.05) is 32.7 Å². The molecule has 3 aliphatic rings. The van der Waals surface area contributed by atoms with Crippen LogP contribution in [0.5, 0.6) is 0 Å². The predicted molar refractivity (Wildman–Crippen MR) is 105 cm³/mol. The van der Waals surface area contributed by atoms with Crippen LogP contribution in [0.25, 0.3) is 0 Å². The summed E-state index contributed by atoms with van der Waals surface area (Å²) < 4.78 is 13.8. The Morgan fingerprint density at radius 1 is 1.26 bits per heavy atom. The maximum absolute atomic E-state index is 13.8. The number of carbonyl (C=O) groups excluding carboxylic acids is 1. The number of nitrogens with one attached hydrogen (secondary N) is 1. The van der Waals surface area contributed by atoms with Crippen molar-refractivity contribution in [2.45, 2.75) is 45.2 Å². The zero-order valence-electron chi connectivity index (χ0n) is 16.5. The molecule has 0 radical (unpaired) electrons. The molecule has 27 heavy (non-hydrogen) atoms. The highest BCUT2D eigenvalue weighted by Crippen LogP contribution is 2.43. The van der Waals surface area contributed by atoms with Gasteiger partial charge in [-0.2, -0.15) is 0 Å². The van der Waals surface area contributed by atoms with Gasteiger partial charge in [0.2, 0.25) is 5.91 Å². The van der Waals surface area contributed by atoms with Gasteiger partial charge < -0.3 is 15.1 Å². The normalized spacial score (nSPS) is 29.5. The number of halogens is 1. The SMILES string of the molecule is CC(C)N1CCC(CC(=O)N2C[C@@H]3CNC[C@@H]3[C@H]2c2cccc(F)c2)CC1. The van der Waals surface area contributed by atoms with Gasteiger partial charge >= 0.3 is 0 Å². The minimum absolute atomic E-state index is 0.0175. The van der Waals surface area contributed by atoms with Crippen molar-refractivity contribution in [2.24, 2.45) is 17.8 Å². The van der Waals surface area contributed by atoms with Crippen molar-refractivity contribution < 1.29 is 9.18 Å². The first-order valence-electron chi connectivity index (χ1n) is 10.5. The molecule has 1 aromatic rings. The van der Waals surface area contributed by atoms with Crippen LogP contribution >= 0.6 is 0 Å². The average Bonchev–Trinajstić information content (AvgIpc) is 3.23. The molecule has 3 heterocycles. The van der Waals surface area contributed by atoms with E-state index in [0.717, 1.165) is 51.1 Å². The van der Waals surface area contributed by atoms with Crippen molar-refractivity contribution in [3.8, 4) is 0 Å². The molecule has 3 saturated heterocycles. The van der Waals surface area contributed by atoms with Crippen molar-refractivity contribution >= 4 is 5.91 Å². The Hall–Kier alpha value is -1.46. The number of fused-ring (bicyclic) bond motifs is 1. The van der Waals surface area contributed by atoms with Crippen LogP contribution in [0.1, 0.15) is 44.7 Å². The topological polar surface area (TPSA) is 35.6 Å². The Bertz CT molecular complexity index is 671. The maximum atomic E-state index is 13.8. The lowest BCUT2D eigenvalue weighted by Crippen LogP contribution is -2.40. The second kappa shape index (κ2) is 7.88. The number of benzene rings is 1. The van der Waals surface area contributed by atoms with E-state index in [-0.39, 0.29) is 17.8 Å². The third-order valence-corrected chi connectivity index (χ3v) is 6.92. The fourth-order valence-electron chi connectivity index (χ4n) is 5.33. The molecule has 0 spiro atoms. The lowest BCUT2D eigenvalue weighted by atomic mass is 9.89. The van der Waals surface area contributed by atoms with Crippen LogP contribution in [0.2, 0.25) is 0 Å². The molecule has 4 nitrogen and oxygen atoms in total. The van der Waals surface area contributed by atoms with Crippen molar-refractivity contribution in [3.63, 3.8) is 0 Å². The minimum Gasteiger partial charge on any atom is -0.335 e. The predicted octanol–water partition coefficient (Wildman–Crippen LogP) is 3.06. The summed E-state index contributed by atoms with van der Waals surface area (Å²) in [7, 11) is 0. The quantitative estimate of drug-likeness (QED) is 0.881. The first kappa shape index (κ1) is 18.9. The van der Waals surface area contributed by atoms with E-state index in [9.17, 15) is 9.18 Å². The molecule has 0 unspecified atom stereocenters. The number of nitrogens with zero attached hydrogens (tertiary/aromatic N) is 2. The minimum atomic E-state index is -0.213. The Labute approximate surface area is 162 Å². The first-order valence-corrected chi connectivity index (χ1v) is 10.5. The fourth-order valence-corrected chi connectivity index (χ4v) is 5.33. The lowest BCUT2D eigenvalue weighted by molar-refractivity contribution is -0.134. The number of rotatable bonds is 4. The van der Waals surface area contributed by atoms with Crippen LogP contribution in [0.3, 0.4) is 0 Å². The van der Waals surface area contributed by atoms with Gasteiger partial charge in [0, 0.05) is 38.0 Å². The highest BCUT2D eigenvalue weighted by molar-refractivity contribution is 5.77. The van der Waals surface area contributed by atoms with Crippen molar-refractivity contribution in [3.05, 3.63) is 35.6 Å². The van der Waals surface area contributed by atoms with Gasteiger partial charge in [0.05, 0.1) is 6.04 Å². The Morgan fingerprint density at radius 3 is 2.74 bits per heavy atom. The van der Waals surface area contributed by atoms with E-state index in [1.807, 2.05) is 6.07 Å². The Kier molecular flexibility index (Phi) is 5.51. The number of hydrogen-bond acceptors (Lipinski definition) is 3. The molecule has 1 N–H and O–H groups in total. The summed E-state index contributed by atoms with van der Waals surface area (Å²) in [4.78, 5) is 17.8. The molecule has 4 rings (SSSR count). The van der Waals surface area contributed by atoms with E-state index in [1.165, 1.54) is 6.07 Å². The van der Waals surface area contributed by atoms with Crippen LogP contribution < -0.4 is 5.32 Å². The molecule has 1 amide bonds. The number of amides is 1. The number of piperidine rings is 1. The number of carbonyl (C=O) groups is 1. The Balaban J connectivity index is 1.45.